The molecule has 2 fully saturated rings. The van der Waals surface area contributed by atoms with Crippen molar-refractivity contribution < 1.29 is 9.47 Å². The molecule has 1 unspecified atom stereocenters. The van der Waals surface area contributed by atoms with E-state index in [2.05, 4.69) is 35.3 Å². The van der Waals surface area contributed by atoms with Crippen LogP contribution in [0, 0.1) is 0 Å². The van der Waals surface area contributed by atoms with Crippen LogP contribution in [0.3, 0.4) is 0 Å². The van der Waals surface area contributed by atoms with E-state index in [1.165, 1.54) is 18.4 Å². The second-order valence-electron chi connectivity index (χ2n) is 5.96. The second-order valence-corrected chi connectivity index (χ2v) is 5.96. The highest BCUT2D eigenvalue weighted by atomic mass is 16.5. The van der Waals surface area contributed by atoms with Gasteiger partial charge in [-0.3, -0.25) is 4.90 Å². The molecular formula is C17H26N2O2. The molecule has 116 valence electrons. The van der Waals surface area contributed by atoms with Crippen molar-refractivity contribution in [3.63, 3.8) is 0 Å². The Labute approximate surface area is 127 Å². The van der Waals surface area contributed by atoms with Gasteiger partial charge in [0.1, 0.15) is 18.5 Å². The summed E-state index contributed by atoms with van der Waals surface area (Å²) in [6, 6.07) is 9.04. The Kier molecular flexibility index (Phi) is 5.12. The molecule has 0 spiro atoms. The normalized spacial score (nSPS) is 23.2. The Morgan fingerprint density at radius 1 is 1.33 bits per heavy atom. The summed E-state index contributed by atoms with van der Waals surface area (Å²) in [6.45, 7) is 7.63. The van der Waals surface area contributed by atoms with Gasteiger partial charge in [0.15, 0.2) is 0 Å². The van der Waals surface area contributed by atoms with Gasteiger partial charge < -0.3 is 14.8 Å². The van der Waals surface area contributed by atoms with Crippen molar-refractivity contribution in [2.45, 2.75) is 38.5 Å². The van der Waals surface area contributed by atoms with Gasteiger partial charge in [0, 0.05) is 31.2 Å². The summed E-state index contributed by atoms with van der Waals surface area (Å²) in [5.74, 6) is 0.989. The molecule has 1 aromatic rings. The number of ether oxygens (including phenoxy) is 2. The third-order valence-electron chi connectivity index (χ3n) is 4.23. The first kappa shape index (κ1) is 14.8. The molecular weight excluding hydrogens is 264 g/mol. The smallest absolute Gasteiger partial charge is 0.123 e. The standard InChI is InChI=1S/C17H26N2O2/c1-2-19-9-10-20-16(12-19)13-21-17-6-4-3-5-14(17)11-18-15-7-8-15/h3-6,15-16,18H,2,7-13H2,1H3. The molecule has 1 aliphatic heterocycles. The topological polar surface area (TPSA) is 33.7 Å². The fraction of sp³-hybridized carbons (Fsp3) is 0.647. The van der Waals surface area contributed by atoms with Crippen LogP contribution in [0.15, 0.2) is 24.3 Å². The number of hydrogen-bond donors (Lipinski definition) is 1. The summed E-state index contributed by atoms with van der Waals surface area (Å²) in [5.41, 5.74) is 1.24. The van der Waals surface area contributed by atoms with Crippen molar-refractivity contribution in [3.05, 3.63) is 29.8 Å². The van der Waals surface area contributed by atoms with E-state index in [-0.39, 0.29) is 6.10 Å². The molecule has 21 heavy (non-hydrogen) atoms. The molecule has 1 aliphatic carbocycles. The van der Waals surface area contributed by atoms with Crippen molar-refractivity contribution in [2.24, 2.45) is 0 Å². The number of nitrogens with zero attached hydrogens (tertiary/aromatic N) is 1. The first-order chi connectivity index (χ1) is 10.3. The van der Waals surface area contributed by atoms with E-state index >= 15 is 0 Å². The van der Waals surface area contributed by atoms with Crippen LogP contribution >= 0.6 is 0 Å². The SMILES string of the molecule is CCN1CCOC(COc2ccccc2CNC2CC2)C1. The van der Waals surface area contributed by atoms with Gasteiger partial charge in [0.05, 0.1) is 6.61 Å². The summed E-state index contributed by atoms with van der Waals surface area (Å²) in [6.07, 6.45) is 2.81. The van der Waals surface area contributed by atoms with Gasteiger partial charge in [-0.25, -0.2) is 0 Å². The summed E-state index contributed by atoms with van der Waals surface area (Å²) >= 11 is 0. The highest BCUT2D eigenvalue weighted by molar-refractivity contribution is 5.33. The van der Waals surface area contributed by atoms with Crippen molar-refractivity contribution >= 4 is 0 Å². The minimum atomic E-state index is 0.183. The van der Waals surface area contributed by atoms with Gasteiger partial charge in [-0.2, -0.15) is 0 Å². The Morgan fingerprint density at radius 2 is 2.19 bits per heavy atom. The monoisotopic (exact) mass is 290 g/mol. The lowest BCUT2D eigenvalue weighted by atomic mass is 10.2. The molecule has 0 radical (unpaired) electrons. The molecule has 0 aromatic heterocycles. The third kappa shape index (κ3) is 4.43. The lowest BCUT2D eigenvalue weighted by Crippen LogP contribution is -2.44. The average molecular weight is 290 g/mol. The van der Waals surface area contributed by atoms with Crippen LogP contribution in [0.5, 0.6) is 5.75 Å². The van der Waals surface area contributed by atoms with Gasteiger partial charge in [-0.15, -0.1) is 0 Å². The van der Waals surface area contributed by atoms with Crippen LogP contribution < -0.4 is 10.1 Å². The van der Waals surface area contributed by atoms with Crippen LogP contribution in [0.25, 0.3) is 0 Å². The van der Waals surface area contributed by atoms with Crippen LogP contribution in [-0.4, -0.2) is 49.9 Å². The average Bonchev–Trinajstić information content (AvgIpc) is 3.36. The Hall–Kier alpha value is -1.10. The zero-order valence-corrected chi connectivity index (χ0v) is 12.9. The molecule has 0 amide bonds. The summed E-state index contributed by atoms with van der Waals surface area (Å²) in [5, 5.41) is 3.55. The van der Waals surface area contributed by atoms with Crippen LogP contribution in [-0.2, 0) is 11.3 Å². The number of likely N-dealkylation sites (N-methyl/N-ethyl adjacent to an activating group) is 1. The first-order valence-electron chi connectivity index (χ1n) is 8.13. The van der Waals surface area contributed by atoms with E-state index in [1.807, 2.05) is 6.07 Å². The van der Waals surface area contributed by atoms with Crippen LogP contribution in [0.2, 0.25) is 0 Å². The van der Waals surface area contributed by atoms with E-state index in [9.17, 15) is 0 Å². The predicted molar refractivity (Wildman–Crippen MR) is 83.7 cm³/mol. The van der Waals surface area contributed by atoms with Gasteiger partial charge in [0.25, 0.3) is 0 Å². The number of nitrogens with one attached hydrogen (secondary N) is 1. The maximum absolute atomic E-state index is 6.03. The minimum absolute atomic E-state index is 0.183. The van der Waals surface area contributed by atoms with Crippen molar-refractivity contribution in [1.29, 1.82) is 0 Å². The maximum atomic E-state index is 6.03. The van der Waals surface area contributed by atoms with Crippen LogP contribution in [0.1, 0.15) is 25.3 Å². The predicted octanol–water partition coefficient (Wildman–Crippen LogP) is 2.04. The molecule has 2 aliphatic rings. The number of rotatable bonds is 7. The summed E-state index contributed by atoms with van der Waals surface area (Å²) < 4.78 is 11.8. The first-order valence-corrected chi connectivity index (χ1v) is 8.13. The van der Waals surface area contributed by atoms with Gasteiger partial charge in [-0.1, -0.05) is 25.1 Å². The zero-order chi connectivity index (χ0) is 14.5. The summed E-state index contributed by atoms with van der Waals surface area (Å²) in [7, 11) is 0. The van der Waals surface area contributed by atoms with E-state index in [0.717, 1.165) is 44.6 Å². The molecule has 1 aromatic carbocycles. The van der Waals surface area contributed by atoms with Gasteiger partial charge >= 0.3 is 0 Å². The Morgan fingerprint density at radius 3 is 3.00 bits per heavy atom. The van der Waals surface area contributed by atoms with E-state index in [4.69, 9.17) is 9.47 Å². The van der Waals surface area contributed by atoms with Crippen molar-refractivity contribution in [2.75, 3.05) is 32.8 Å². The molecule has 4 heteroatoms. The largest absolute Gasteiger partial charge is 0.490 e. The molecule has 0 bridgehead atoms. The highest BCUT2D eigenvalue weighted by Crippen LogP contribution is 2.23. The Balaban J connectivity index is 1.51. The molecule has 1 saturated carbocycles. The fourth-order valence-corrected chi connectivity index (χ4v) is 2.68. The van der Waals surface area contributed by atoms with Crippen LogP contribution in [0.4, 0.5) is 0 Å². The highest BCUT2D eigenvalue weighted by Gasteiger charge is 2.22. The molecule has 4 nitrogen and oxygen atoms in total. The quantitative estimate of drug-likeness (QED) is 0.833. The van der Waals surface area contributed by atoms with Gasteiger partial charge in [-0.05, 0) is 25.5 Å². The summed E-state index contributed by atoms with van der Waals surface area (Å²) in [4.78, 5) is 2.41. The van der Waals surface area contributed by atoms with Gasteiger partial charge in [0.2, 0.25) is 0 Å². The lowest BCUT2D eigenvalue weighted by Gasteiger charge is -2.32. The zero-order valence-electron chi connectivity index (χ0n) is 12.9. The second kappa shape index (κ2) is 7.25. The van der Waals surface area contributed by atoms with E-state index in [1.54, 1.807) is 0 Å². The lowest BCUT2D eigenvalue weighted by molar-refractivity contribution is -0.0465. The minimum Gasteiger partial charge on any atom is -0.490 e. The molecule has 1 atom stereocenters. The number of morpholine rings is 1. The molecule has 1 N–H and O–H groups in total. The maximum Gasteiger partial charge on any atom is 0.123 e. The molecule has 3 rings (SSSR count). The number of benzene rings is 1. The van der Waals surface area contributed by atoms with E-state index in [0.29, 0.717) is 6.61 Å². The number of para-hydroxylation sites is 1. The Bertz CT molecular complexity index is 448. The van der Waals surface area contributed by atoms with Crippen molar-refractivity contribution in [1.82, 2.24) is 10.2 Å². The number of hydrogen-bond acceptors (Lipinski definition) is 4. The third-order valence-corrected chi connectivity index (χ3v) is 4.23. The fourth-order valence-electron chi connectivity index (χ4n) is 2.68. The molecule has 1 heterocycles. The van der Waals surface area contributed by atoms with Crippen molar-refractivity contribution in [3.8, 4) is 5.75 Å². The van der Waals surface area contributed by atoms with E-state index < -0.39 is 0 Å². The molecule has 1 saturated heterocycles.